The van der Waals surface area contributed by atoms with Crippen LogP contribution in [0.1, 0.15) is 42.1 Å². The van der Waals surface area contributed by atoms with Crippen molar-refractivity contribution in [3.05, 3.63) is 64.7 Å². The van der Waals surface area contributed by atoms with Crippen LogP contribution in [-0.4, -0.2) is 17.6 Å². The second-order valence-corrected chi connectivity index (χ2v) is 6.81. The minimum absolute atomic E-state index is 0.330. The Bertz CT molecular complexity index is 919. The average Bonchev–Trinajstić information content (AvgIpc) is 2.65. The summed E-state index contributed by atoms with van der Waals surface area (Å²) in [6.07, 6.45) is 3.00. The lowest BCUT2D eigenvalue weighted by Crippen LogP contribution is -2.08. The highest BCUT2D eigenvalue weighted by Crippen LogP contribution is 2.29. The van der Waals surface area contributed by atoms with E-state index >= 15 is 0 Å². The zero-order valence-corrected chi connectivity index (χ0v) is 15.8. The van der Waals surface area contributed by atoms with Crippen LogP contribution in [0.3, 0.4) is 0 Å². The number of esters is 1. The summed E-state index contributed by atoms with van der Waals surface area (Å²) >= 11 is 6.35. The van der Waals surface area contributed by atoms with Gasteiger partial charge in [0.25, 0.3) is 0 Å². The molecule has 26 heavy (non-hydrogen) atoms. The summed E-state index contributed by atoms with van der Waals surface area (Å²) in [5.74, 6) is -0.330. The fourth-order valence-electron chi connectivity index (χ4n) is 2.85. The summed E-state index contributed by atoms with van der Waals surface area (Å²) in [6, 6.07) is 15.3. The first-order valence-corrected chi connectivity index (χ1v) is 9.31. The number of pyridine rings is 1. The molecule has 3 aromatic rings. The van der Waals surface area contributed by atoms with E-state index in [0.717, 1.165) is 24.8 Å². The van der Waals surface area contributed by atoms with Gasteiger partial charge in [0.15, 0.2) is 0 Å². The van der Waals surface area contributed by atoms with E-state index in [9.17, 15) is 4.79 Å². The van der Waals surface area contributed by atoms with Crippen molar-refractivity contribution in [2.75, 3.05) is 6.61 Å². The van der Waals surface area contributed by atoms with Crippen LogP contribution < -0.4 is 0 Å². The molecule has 0 atom stereocenters. The van der Waals surface area contributed by atoms with Crippen LogP contribution in [-0.2, 0) is 4.74 Å². The quantitative estimate of drug-likeness (QED) is 0.384. The summed E-state index contributed by atoms with van der Waals surface area (Å²) in [7, 11) is 0. The number of rotatable bonds is 6. The predicted octanol–water partition coefficient (Wildman–Crippen LogP) is 6.21. The van der Waals surface area contributed by atoms with Crippen molar-refractivity contribution in [3.63, 3.8) is 0 Å². The molecule has 0 saturated carbocycles. The van der Waals surface area contributed by atoms with Crippen LogP contribution >= 0.6 is 11.6 Å². The van der Waals surface area contributed by atoms with Crippen molar-refractivity contribution < 1.29 is 9.53 Å². The Morgan fingerprint density at radius 2 is 1.88 bits per heavy atom. The molecular weight excluding hydrogens is 346 g/mol. The molecule has 0 aliphatic rings. The maximum Gasteiger partial charge on any atom is 0.338 e. The minimum atomic E-state index is -0.330. The number of carbonyl (C=O) groups excluding carboxylic acids is 1. The van der Waals surface area contributed by atoms with Crippen molar-refractivity contribution in [2.45, 2.75) is 33.1 Å². The number of hydrogen-bond acceptors (Lipinski definition) is 3. The summed E-state index contributed by atoms with van der Waals surface area (Å²) in [5.41, 5.74) is 3.95. The molecule has 0 saturated heterocycles. The number of hydrogen-bond donors (Lipinski definition) is 0. The van der Waals surface area contributed by atoms with E-state index in [-0.39, 0.29) is 5.97 Å². The van der Waals surface area contributed by atoms with Crippen molar-refractivity contribution in [3.8, 4) is 11.3 Å². The molecule has 1 heterocycles. The molecule has 134 valence electrons. The smallest absolute Gasteiger partial charge is 0.338 e. The van der Waals surface area contributed by atoms with Crippen LogP contribution in [0.4, 0.5) is 0 Å². The number of para-hydroxylation sites is 1. The molecule has 0 aliphatic carbocycles. The number of halogens is 1. The maximum absolute atomic E-state index is 12.7. The Morgan fingerprint density at radius 1 is 1.12 bits per heavy atom. The number of unbranched alkanes of at least 4 members (excludes halogenated alkanes) is 2. The fourth-order valence-corrected chi connectivity index (χ4v) is 3.07. The molecular formula is C22H22ClNO2. The number of aryl methyl sites for hydroxylation is 1. The Labute approximate surface area is 159 Å². The molecule has 3 rings (SSSR count). The first-order chi connectivity index (χ1) is 12.6. The number of carbonyl (C=O) groups is 1. The SMILES string of the molecule is CCCCCOC(=O)c1cc(-c2ccc(C)cc2)nc2c(Cl)cccc12. The van der Waals surface area contributed by atoms with Crippen LogP contribution in [0.25, 0.3) is 22.2 Å². The molecule has 3 nitrogen and oxygen atoms in total. The van der Waals surface area contributed by atoms with E-state index in [4.69, 9.17) is 16.3 Å². The topological polar surface area (TPSA) is 39.2 Å². The number of aromatic nitrogens is 1. The lowest BCUT2D eigenvalue weighted by atomic mass is 10.0. The van der Waals surface area contributed by atoms with E-state index in [1.807, 2.05) is 43.3 Å². The van der Waals surface area contributed by atoms with Crippen LogP contribution in [0.2, 0.25) is 5.02 Å². The van der Waals surface area contributed by atoms with E-state index < -0.39 is 0 Å². The number of ether oxygens (including phenoxy) is 1. The zero-order valence-electron chi connectivity index (χ0n) is 15.1. The monoisotopic (exact) mass is 367 g/mol. The normalized spacial score (nSPS) is 10.9. The summed E-state index contributed by atoms with van der Waals surface area (Å²) in [4.78, 5) is 17.4. The zero-order chi connectivity index (χ0) is 18.5. The molecule has 0 radical (unpaired) electrons. The molecule has 1 aromatic heterocycles. The van der Waals surface area contributed by atoms with E-state index in [0.29, 0.717) is 33.8 Å². The predicted molar refractivity (Wildman–Crippen MR) is 107 cm³/mol. The van der Waals surface area contributed by atoms with Crippen LogP contribution in [0.5, 0.6) is 0 Å². The lowest BCUT2D eigenvalue weighted by molar-refractivity contribution is 0.0500. The Morgan fingerprint density at radius 3 is 2.62 bits per heavy atom. The number of benzene rings is 2. The molecule has 0 fully saturated rings. The molecule has 0 amide bonds. The van der Waals surface area contributed by atoms with E-state index in [1.165, 1.54) is 5.56 Å². The van der Waals surface area contributed by atoms with Crippen molar-refractivity contribution >= 4 is 28.5 Å². The van der Waals surface area contributed by atoms with Gasteiger partial charge in [0, 0.05) is 10.9 Å². The van der Waals surface area contributed by atoms with Gasteiger partial charge >= 0.3 is 5.97 Å². The molecule has 0 spiro atoms. The maximum atomic E-state index is 12.7. The van der Waals surface area contributed by atoms with Gasteiger partial charge in [0.2, 0.25) is 0 Å². The number of fused-ring (bicyclic) bond motifs is 1. The second-order valence-electron chi connectivity index (χ2n) is 6.40. The van der Waals surface area contributed by atoms with Gasteiger partial charge in [-0.2, -0.15) is 0 Å². The third kappa shape index (κ3) is 4.05. The highest BCUT2D eigenvalue weighted by molar-refractivity contribution is 6.35. The first-order valence-electron chi connectivity index (χ1n) is 8.93. The molecule has 0 aliphatic heterocycles. The Balaban J connectivity index is 2.04. The highest BCUT2D eigenvalue weighted by atomic mass is 35.5. The lowest BCUT2D eigenvalue weighted by Gasteiger charge is -2.11. The van der Waals surface area contributed by atoms with Crippen LogP contribution in [0.15, 0.2) is 48.5 Å². The van der Waals surface area contributed by atoms with Crippen LogP contribution in [0, 0.1) is 6.92 Å². The molecule has 0 unspecified atom stereocenters. The van der Waals surface area contributed by atoms with Gasteiger partial charge in [0.05, 0.1) is 28.4 Å². The Hall–Kier alpha value is -2.39. The number of nitrogens with zero attached hydrogens (tertiary/aromatic N) is 1. The van der Waals surface area contributed by atoms with Gasteiger partial charge in [-0.1, -0.05) is 73.3 Å². The Kier molecular flexibility index (Phi) is 5.89. The summed E-state index contributed by atoms with van der Waals surface area (Å²) in [6.45, 7) is 4.58. The second kappa shape index (κ2) is 8.33. The van der Waals surface area contributed by atoms with Crippen molar-refractivity contribution in [1.29, 1.82) is 0 Å². The van der Waals surface area contributed by atoms with Crippen molar-refractivity contribution in [1.82, 2.24) is 4.98 Å². The highest BCUT2D eigenvalue weighted by Gasteiger charge is 2.16. The molecule has 0 bridgehead atoms. The third-order valence-electron chi connectivity index (χ3n) is 4.34. The van der Waals surface area contributed by atoms with Gasteiger partial charge in [-0.15, -0.1) is 0 Å². The van der Waals surface area contributed by atoms with Gasteiger partial charge in [-0.05, 0) is 25.5 Å². The van der Waals surface area contributed by atoms with Gasteiger partial charge in [0.1, 0.15) is 0 Å². The van der Waals surface area contributed by atoms with E-state index in [1.54, 1.807) is 12.1 Å². The first kappa shape index (κ1) is 18.4. The minimum Gasteiger partial charge on any atom is -0.462 e. The third-order valence-corrected chi connectivity index (χ3v) is 4.64. The van der Waals surface area contributed by atoms with E-state index in [2.05, 4.69) is 11.9 Å². The average molecular weight is 368 g/mol. The van der Waals surface area contributed by atoms with Gasteiger partial charge in [-0.25, -0.2) is 9.78 Å². The molecule has 4 heteroatoms. The fraction of sp³-hybridized carbons (Fsp3) is 0.273. The molecule has 0 N–H and O–H groups in total. The summed E-state index contributed by atoms with van der Waals surface area (Å²) in [5, 5.41) is 1.24. The van der Waals surface area contributed by atoms with Gasteiger partial charge in [-0.3, -0.25) is 0 Å². The standard InChI is InChI=1S/C22H22ClNO2/c1-3-4-5-13-26-22(25)18-14-20(16-11-9-15(2)10-12-16)24-21-17(18)7-6-8-19(21)23/h6-12,14H,3-5,13H2,1-2H3. The largest absolute Gasteiger partial charge is 0.462 e. The summed E-state index contributed by atoms with van der Waals surface area (Å²) < 4.78 is 5.48. The van der Waals surface area contributed by atoms with Gasteiger partial charge < -0.3 is 4.74 Å². The van der Waals surface area contributed by atoms with Crippen molar-refractivity contribution in [2.24, 2.45) is 0 Å². The molecule has 2 aromatic carbocycles.